The lowest BCUT2D eigenvalue weighted by Gasteiger charge is -2.29. The Balaban J connectivity index is 2.11. The number of rotatable bonds is 8. The third-order valence-electron chi connectivity index (χ3n) is 2.97. The molecule has 1 rings (SSSR count). The smallest absolute Gasteiger partial charge is 0.0379 e. The van der Waals surface area contributed by atoms with Gasteiger partial charge in [-0.1, -0.05) is 45.6 Å². The second kappa shape index (κ2) is 7.75. The molecule has 1 aliphatic heterocycles. The summed E-state index contributed by atoms with van der Waals surface area (Å²) < 4.78 is 0. The molecular formula is C13H26N2. The van der Waals surface area contributed by atoms with Crippen LogP contribution >= 0.6 is 0 Å². The second-order valence-electron chi connectivity index (χ2n) is 4.37. The highest BCUT2D eigenvalue weighted by Crippen LogP contribution is 2.11. The number of hydrazine groups is 1. The van der Waals surface area contributed by atoms with Crippen molar-refractivity contribution in [3.8, 4) is 0 Å². The number of nitrogens with zero attached hydrogens (tertiary/aromatic N) is 2. The molecule has 0 amide bonds. The van der Waals surface area contributed by atoms with Crippen LogP contribution < -0.4 is 0 Å². The standard InChI is InChI=1S/C13H26N2/c1-3-5-7-8-11-15-13-9-12-14(15)10-6-4-2/h9,12H,3-8,10-11,13H2,1-2H3. The Morgan fingerprint density at radius 1 is 0.933 bits per heavy atom. The molecule has 88 valence electrons. The quantitative estimate of drug-likeness (QED) is 0.566. The molecule has 0 aromatic heterocycles. The summed E-state index contributed by atoms with van der Waals surface area (Å²) in [5.41, 5.74) is 0. The van der Waals surface area contributed by atoms with Gasteiger partial charge in [-0.3, -0.25) is 0 Å². The maximum atomic E-state index is 2.48. The van der Waals surface area contributed by atoms with Crippen LogP contribution in [0.1, 0.15) is 52.4 Å². The van der Waals surface area contributed by atoms with Crippen LogP contribution in [-0.2, 0) is 0 Å². The van der Waals surface area contributed by atoms with Gasteiger partial charge in [0.15, 0.2) is 0 Å². The van der Waals surface area contributed by atoms with E-state index in [1.54, 1.807) is 0 Å². The Hall–Kier alpha value is -0.500. The van der Waals surface area contributed by atoms with Gasteiger partial charge in [0.25, 0.3) is 0 Å². The van der Waals surface area contributed by atoms with E-state index in [0.29, 0.717) is 0 Å². The minimum Gasteiger partial charge on any atom is -0.313 e. The van der Waals surface area contributed by atoms with E-state index in [0.717, 1.165) is 6.54 Å². The van der Waals surface area contributed by atoms with Crippen molar-refractivity contribution >= 4 is 0 Å². The third kappa shape index (κ3) is 4.70. The fourth-order valence-corrected chi connectivity index (χ4v) is 1.97. The summed E-state index contributed by atoms with van der Waals surface area (Å²) in [7, 11) is 0. The zero-order chi connectivity index (χ0) is 10.9. The topological polar surface area (TPSA) is 6.48 Å². The summed E-state index contributed by atoms with van der Waals surface area (Å²) in [4.78, 5) is 0. The molecule has 1 heterocycles. The van der Waals surface area contributed by atoms with Crippen molar-refractivity contribution in [3.05, 3.63) is 12.3 Å². The van der Waals surface area contributed by atoms with Crippen LogP contribution in [0.4, 0.5) is 0 Å². The van der Waals surface area contributed by atoms with Crippen LogP contribution in [0.5, 0.6) is 0 Å². The van der Waals surface area contributed by atoms with Gasteiger partial charge in [-0.05, 0) is 12.8 Å². The average Bonchev–Trinajstić information content (AvgIpc) is 2.69. The van der Waals surface area contributed by atoms with Crippen LogP contribution in [0, 0.1) is 0 Å². The number of hydrogen-bond acceptors (Lipinski definition) is 2. The Morgan fingerprint density at radius 2 is 1.73 bits per heavy atom. The molecule has 0 aromatic carbocycles. The van der Waals surface area contributed by atoms with Gasteiger partial charge in [0.2, 0.25) is 0 Å². The molecular weight excluding hydrogens is 184 g/mol. The summed E-state index contributed by atoms with van der Waals surface area (Å²) in [6, 6.07) is 0. The lowest BCUT2D eigenvalue weighted by Crippen LogP contribution is -2.36. The lowest BCUT2D eigenvalue weighted by atomic mass is 10.2. The molecule has 0 atom stereocenters. The maximum Gasteiger partial charge on any atom is 0.0379 e. The van der Waals surface area contributed by atoms with Gasteiger partial charge in [0.05, 0.1) is 0 Å². The van der Waals surface area contributed by atoms with E-state index in [2.05, 4.69) is 36.1 Å². The van der Waals surface area contributed by atoms with E-state index in [-0.39, 0.29) is 0 Å². The first-order valence-electron chi connectivity index (χ1n) is 6.56. The van der Waals surface area contributed by atoms with Crippen molar-refractivity contribution in [2.75, 3.05) is 19.6 Å². The first kappa shape index (κ1) is 12.6. The molecule has 2 heteroatoms. The van der Waals surface area contributed by atoms with Gasteiger partial charge >= 0.3 is 0 Å². The first-order valence-corrected chi connectivity index (χ1v) is 6.56. The molecule has 0 unspecified atom stereocenters. The second-order valence-corrected chi connectivity index (χ2v) is 4.37. The van der Waals surface area contributed by atoms with Gasteiger partial charge in [-0.25, -0.2) is 5.01 Å². The SMILES string of the molecule is CCCCCCN1CC=CN1CCCC. The molecule has 0 aromatic rings. The summed E-state index contributed by atoms with van der Waals surface area (Å²) in [6.45, 7) is 8.07. The molecule has 2 nitrogen and oxygen atoms in total. The maximum absolute atomic E-state index is 2.48. The van der Waals surface area contributed by atoms with E-state index >= 15 is 0 Å². The summed E-state index contributed by atoms with van der Waals surface area (Å²) in [5, 5.41) is 4.88. The largest absolute Gasteiger partial charge is 0.313 e. The predicted molar refractivity (Wildman–Crippen MR) is 66.5 cm³/mol. The zero-order valence-electron chi connectivity index (χ0n) is 10.4. The molecule has 0 saturated heterocycles. The zero-order valence-corrected chi connectivity index (χ0v) is 10.4. The Bertz CT molecular complexity index is 177. The number of unbranched alkanes of at least 4 members (excludes halogenated alkanes) is 4. The van der Waals surface area contributed by atoms with E-state index in [1.165, 1.54) is 51.6 Å². The van der Waals surface area contributed by atoms with Crippen LogP contribution in [0.25, 0.3) is 0 Å². The molecule has 0 fully saturated rings. The normalized spacial score (nSPS) is 16.5. The van der Waals surface area contributed by atoms with Crippen LogP contribution in [0.15, 0.2) is 12.3 Å². The summed E-state index contributed by atoms with van der Waals surface area (Å²) >= 11 is 0. The molecule has 0 spiro atoms. The van der Waals surface area contributed by atoms with Gasteiger partial charge < -0.3 is 5.01 Å². The molecule has 1 aliphatic rings. The predicted octanol–water partition coefficient (Wildman–Crippen LogP) is 3.41. The van der Waals surface area contributed by atoms with Crippen molar-refractivity contribution < 1.29 is 0 Å². The molecule has 0 radical (unpaired) electrons. The van der Waals surface area contributed by atoms with Gasteiger partial charge in [0, 0.05) is 25.8 Å². The minimum atomic E-state index is 1.12. The molecule has 0 aliphatic carbocycles. The minimum absolute atomic E-state index is 1.12. The first-order chi connectivity index (χ1) is 7.38. The van der Waals surface area contributed by atoms with E-state index < -0.39 is 0 Å². The highest BCUT2D eigenvalue weighted by molar-refractivity contribution is 4.91. The van der Waals surface area contributed by atoms with Crippen molar-refractivity contribution in [2.24, 2.45) is 0 Å². The Morgan fingerprint density at radius 3 is 2.47 bits per heavy atom. The Kier molecular flexibility index (Phi) is 6.49. The monoisotopic (exact) mass is 210 g/mol. The van der Waals surface area contributed by atoms with Crippen molar-refractivity contribution in [1.82, 2.24) is 10.0 Å². The van der Waals surface area contributed by atoms with Crippen molar-refractivity contribution in [2.45, 2.75) is 52.4 Å². The molecule has 0 N–H and O–H groups in total. The van der Waals surface area contributed by atoms with E-state index in [9.17, 15) is 0 Å². The van der Waals surface area contributed by atoms with Gasteiger partial charge in [0.1, 0.15) is 0 Å². The lowest BCUT2D eigenvalue weighted by molar-refractivity contribution is 0.0487. The fraction of sp³-hybridized carbons (Fsp3) is 0.846. The van der Waals surface area contributed by atoms with E-state index in [4.69, 9.17) is 0 Å². The van der Waals surface area contributed by atoms with Crippen LogP contribution in [-0.4, -0.2) is 29.7 Å². The van der Waals surface area contributed by atoms with Crippen molar-refractivity contribution in [1.29, 1.82) is 0 Å². The average molecular weight is 210 g/mol. The molecule has 15 heavy (non-hydrogen) atoms. The van der Waals surface area contributed by atoms with Crippen molar-refractivity contribution in [3.63, 3.8) is 0 Å². The summed E-state index contributed by atoms with van der Waals surface area (Å²) in [5.74, 6) is 0. The molecule has 0 bridgehead atoms. The highest BCUT2D eigenvalue weighted by Gasteiger charge is 2.13. The third-order valence-corrected chi connectivity index (χ3v) is 2.97. The van der Waals surface area contributed by atoms with Crippen LogP contribution in [0.2, 0.25) is 0 Å². The Labute approximate surface area is 94.9 Å². The van der Waals surface area contributed by atoms with Crippen LogP contribution in [0.3, 0.4) is 0 Å². The number of hydrogen-bond donors (Lipinski definition) is 0. The fourth-order valence-electron chi connectivity index (χ4n) is 1.97. The molecule has 0 saturated carbocycles. The van der Waals surface area contributed by atoms with E-state index in [1.807, 2.05) is 0 Å². The summed E-state index contributed by atoms with van der Waals surface area (Å²) in [6.07, 6.45) is 12.6. The highest BCUT2D eigenvalue weighted by atomic mass is 15.6. The van der Waals surface area contributed by atoms with Gasteiger partial charge in [-0.2, -0.15) is 0 Å². The van der Waals surface area contributed by atoms with Gasteiger partial charge in [-0.15, -0.1) is 0 Å².